The Morgan fingerprint density at radius 1 is 1.24 bits per heavy atom. The Labute approximate surface area is 128 Å². The molecule has 2 aromatic heterocycles. The first-order valence-electron chi connectivity index (χ1n) is 7.14. The van der Waals surface area contributed by atoms with E-state index in [0.29, 0.717) is 12.1 Å². The maximum Gasteiger partial charge on any atom is 0.253 e. The maximum absolute atomic E-state index is 12.0. The van der Waals surface area contributed by atoms with Gasteiger partial charge in [0.15, 0.2) is 0 Å². The number of nitrogens with one attached hydrogen (secondary N) is 2. The summed E-state index contributed by atoms with van der Waals surface area (Å²) in [5.74, 6) is 0.665. The van der Waals surface area contributed by atoms with Gasteiger partial charge in [-0.05, 0) is 25.0 Å². The predicted molar refractivity (Wildman–Crippen MR) is 85.7 cm³/mol. The Morgan fingerprint density at radius 2 is 2.10 bits per heavy atom. The number of hydrogen-bond acceptors (Lipinski definition) is 5. The first kappa shape index (κ1) is 15.4. The lowest BCUT2D eigenvalue weighted by Gasteiger charge is -2.05. The minimum Gasteiger partial charge on any atom is -0.370 e. The van der Waals surface area contributed by atoms with Crippen LogP contribution in [0.4, 0.5) is 5.82 Å². The van der Waals surface area contributed by atoms with Crippen molar-refractivity contribution in [3.63, 3.8) is 0 Å². The molecule has 112 valence electrons. The first-order valence-corrected chi connectivity index (χ1v) is 7.96. The number of thiazole rings is 1. The molecule has 1 amide bonds. The van der Waals surface area contributed by atoms with Crippen LogP contribution < -0.4 is 10.6 Å². The third-order valence-electron chi connectivity index (χ3n) is 2.93. The van der Waals surface area contributed by atoms with E-state index in [4.69, 9.17) is 0 Å². The normalized spacial score (nSPS) is 10.4. The van der Waals surface area contributed by atoms with Crippen molar-refractivity contribution < 1.29 is 4.79 Å². The smallest absolute Gasteiger partial charge is 0.253 e. The number of rotatable bonds is 7. The molecule has 0 aliphatic rings. The lowest BCUT2D eigenvalue weighted by molar-refractivity contribution is 0.0950. The van der Waals surface area contributed by atoms with Crippen LogP contribution in [0.5, 0.6) is 0 Å². The van der Waals surface area contributed by atoms with Gasteiger partial charge in [0.1, 0.15) is 10.8 Å². The highest BCUT2D eigenvalue weighted by Gasteiger charge is 2.07. The van der Waals surface area contributed by atoms with E-state index < -0.39 is 0 Å². The number of pyridine rings is 1. The van der Waals surface area contributed by atoms with Crippen molar-refractivity contribution in [2.75, 3.05) is 11.9 Å². The van der Waals surface area contributed by atoms with Crippen LogP contribution in [0.15, 0.2) is 24.5 Å². The lowest BCUT2D eigenvalue weighted by atomic mass is 10.2. The third kappa shape index (κ3) is 4.53. The van der Waals surface area contributed by atoms with Crippen LogP contribution in [0.3, 0.4) is 0 Å². The molecule has 0 radical (unpaired) electrons. The van der Waals surface area contributed by atoms with E-state index in [1.54, 1.807) is 23.6 Å². The van der Waals surface area contributed by atoms with E-state index in [-0.39, 0.29) is 5.91 Å². The zero-order valence-electron chi connectivity index (χ0n) is 12.3. The highest BCUT2D eigenvalue weighted by Crippen LogP contribution is 2.13. The van der Waals surface area contributed by atoms with Crippen LogP contribution in [-0.4, -0.2) is 22.4 Å². The van der Waals surface area contributed by atoms with Crippen LogP contribution in [0, 0.1) is 0 Å². The summed E-state index contributed by atoms with van der Waals surface area (Å²) >= 11 is 1.63. The van der Waals surface area contributed by atoms with Crippen LogP contribution >= 0.6 is 11.3 Å². The van der Waals surface area contributed by atoms with Gasteiger partial charge >= 0.3 is 0 Å². The summed E-state index contributed by atoms with van der Waals surface area (Å²) in [6.07, 6.45) is 5.47. The Balaban J connectivity index is 1.87. The Morgan fingerprint density at radius 3 is 2.71 bits per heavy atom. The van der Waals surface area contributed by atoms with Gasteiger partial charge in [-0.3, -0.25) is 4.79 Å². The summed E-state index contributed by atoms with van der Waals surface area (Å²) in [5.41, 5.74) is 0.560. The van der Waals surface area contributed by atoms with E-state index in [0.717, 1.165) is 30.2 Å². The minimum atomic E-state index is -0.127. The number of aromatic nitrogens is 2. The molecule has 0 saturated carbocycles. The number of hydrogen-bond donors (Lipinski definition) is 2. The van der Waals surface area contributed by atoms with Gasteiger partial charge in [-0.15, -0.1) is 11.3 Å². The number of amides is 1. The van der Waals surface area contributed by atoms with Gasteiger partial charge < -0.3 is 10.6 Å². The fourth-order valence-electron chi connectivity index (χ4n) is 1.74. The average Bonchev–Trinajstić information content (AvgIpc) is 2.99. The van der Waals surface area contributed by atoms with Crippen molar-refractivity contribution in [2.45, 2.75) is 33.2 Å². The quantitative estimate of drug-likeness (QED) is 0.825. The molecule has 0 aliphatic heterocycles. The Kier molecular flexibility index (Phi) is 5.68. The molecule has 21 heavy (non-hydrogen) atoms. The summed E-state index contributed by atoms with van der Waals surface area (Å²) in [7, 11) is 0. The van der Waals surface area contributed by atoms with Crippen molar-refractivity contribution in [3.05, 3.63) is 40.0 Å². The first-order chi connectivity index (χ1) is 10.2. The van der Waals surface area contributed by atoms with E-state index in [9.17, 15) is 4.79 Å². The molecule has 5 nitrogen and oxygen atoms in total. The van der Waals surface area contributed by atoms with E-state index >= 15 is 0 Å². The number of nitrogens with zero attached hydrogens (tertiary/aromatic N) is 2. The molecule has 0 aliphatic carbocycles. The highest BCUT2D eigenvalue weighted by atomic mass is 32.1. The van der Waals surface area contributed by atoms with Gasteiger partial charge in [0.25, 0.3) is 5.91 Å². The topological polar surface area (TPSA) is 66.9 Å². The lowest BCUT2D eigenvalue weighted by Crippen LogP contribution is -2.22. The van der Waals surface area contributed by atoms with Crippen LogP contribution in [0.1, 0.15) is 40.5 Å². The van der Waals surface area contributed by atoms with Gasteiger partial charge in [-0.1, -0.05) is 13.8 Å². The minimum absolute atomic E-state index is 0.127. The summed E-state index contributed by atoms with van der Waals surface area (Å²) in [6.45, 7) is 5.52. The molecule has 0 spiro atoms. The van der Waals surface area contributed by atoms with Crippen molar-refractivity contribution in [1.82, 2.24) is 15.3 Å². The van der Waals surface area contributed by atoms with E-state index in [1.165, 1.54) is 4.88 Å². The molecule has 0 saturated heterocycles. The van der Waals surface area contributed by atoms with Gasteiger partial charge in [0.05, 0.1) is 12.1 Å². The molecule has 0 bridgehead atoms. The standard InChI is InChI=1S/C15H20N4OS/c1-3-7-16-13-6-5-11(8-17-13)15(20)19-10-14-18-9-12(4-2)21-14/h5-6,8-9H,3-4,7,10H2,1-2H3,(H,16,17)(H,19,20). The Hall–Kier alpha value is -1.95. The zero-order chi connectivity index (χ0) is 15.1. The largest absolute Gasteiger partial charge is 0.370 e. The molecule has 0 fully saturated rings. The molecule has 0 atom stereocenters. The maximum atomic E-state index is 12.0. The molecule has 6 heteroatoms. The third-order valence-corrected chi connectivity index (χ3v) is 4.07. The molecule has 0 aromatic carbocycles. The summed E-state index contributed by atoms with van der Waals surface area (Å²) in [6, 6.07) is 3.60. The van der Waals surface area contributed by atoms with E-state index in [1.807, 2.05) is 12.3 Å². The average molecular weight is 304 g/mol. The number of aryl methyl sites for hydroxylation is 1. The van der Waals surface area contributed by atoms with E-state index in [2.05, 4.69) is 34.4 Å². The molecular weight excluding hydrogens is 284 g/mol. The summed E-state index contributed by atoms with van der Waals surface area (Å²) in [5, 5.41) is 6.97. The van der Waals surface area contributed by atoms with Gasteiger partial charge in [0, 0.05) is 23.8 Å². The van der Waals surface area contributed by atoms with Crippen molar-refractivity contribution in [2.24, 2.45) is 0 Å². The van der Waals surface area contributed by atoms with Crippen LogP contribution in [0.2, 0.25) is 0 Å². The molecule has 2 N–H and O–H groups in total. The van der Waals surface area contributed by atoms with Crippen molar-refractivity contribution in [3.8, 4) is 0 Å². The number of anilines is 1. The SMILES string of the molecule is CCCNc1ccc(C(=O)NCc2ncc(CC)s2)cn1. The van der Waals surface area contributed by atoms with Crippen LogP contribution in [0.25, 0.3) is 0 Å². The summed E-state index contributed by atoms with van der Waals surface area (Å²) < 4.78 is 0. The number of carbonyl (C=O) groups excluding carboxylic acids is 1. The number of carbonyl (C=O) groups is 1. The van der Waals surface area contributed by atoms with Crippen molar-refractivity contribution in [1.29, 1.82) is 0 Å². The molecular formula is C15H20N4OS. The second-order valence-corrected chi connectivity index (χ2v) is 5.82. The second kappa shape index (κ2) is 7.73. The van der Waals surface area contributed by atoms with Gasteiger partial charge in [0.2, 0.25) is 0 Å². The van der Waals surface area contributed by atoms with Crippen molar-refractivity contribution >= 4 is 23.1 Å². The second-order valence-electron chi connectivity index (χ2n) is 4.62. The zero-order valence-corrected chi connectivity index (χ0v) is 13.2. The highest BCUT2D eigenvalue weighted by molar-refractivity contribution is 7.11. The fourth-order valence-corrected chi connectivity index (χ4v) is 2.54. The Bertz CT molecular complexity index is 580. The molecule has 2 rings (SSSR count). The predicted octanol–water partition coefficient (Wildman–Crippen LogP) is 2.85. The monoisotopic (exact) mass is 304 g/mol. The van der Waals surface area contributed by atoms with Gasteiger partial charge in [-0.25, -0.2) is 9.97 Å². The summed E-state index contributed by atoms with van der Waals surface area (Å²) in [4.78, 5) is 21.8. The van der Waals surface area contributed by atoms with Crippen LogP contribution in [-0.2, 0) is 13.0 Å². The van der Waals surface area contributed by atoms with Gasteiger partial charge in [-0.2, -0.15) is 0 Å². The molecule has 0 unspecified atom stereocenters. The molecule has 2 heterocycles. The molecule has 2 aromatic rings. The fraction of sp³-hybridized carbons (Fsp3) is 0.400.